The van der Waals surface area contributed by atoms with Crippen LogP contribution in [0.3, 0.4) is 0 Å². The Kier molecular flexibility index (Phi) is 4.59. The molecule has 0 atom stereocenters. The minimum atomic E-state index is 0.471. The fourth-order valence-corrected chi connectivity index (χ4v) is 2.85. The van der Waals surface area contributed by atoms with Crippen molar-refractivity contribution in [2.24, 2.45) is 5.73 Å². The molecule has 0 spiro atoms. The minimum Gasteiger partial charge on any atom is -0.389 e. The van der Waals surface area contributed by atoms with Crippen LogP contribution in [0, 0.1) is 0 Å². The van der Waals surface area contributed by atoms with E-state index >= 15 is 0 Å². The van der Waals surface area contributed by atoms with Crippen molar-refractivity contribution >= 4 is 22.9 Å². The summed E-state index contributed by atoms with van der Waals surface area (Å²) in [6, 6.07) is 8.97. The molecule has 98 valence electrons. The van der Waals surface area contributed by atoms with Gasteiger partial charge >= 0.3 is 0 Å². The molecule has 0 amide bonds. The molecular weight excluding hydrogens is 240 g/mol. The molecule has 3 heteroatoms. The maximum absolute atomic E-state index is 5.62. The predicted molar refractivity (Wildman–Crippen MR) is 82.2 cm³/mol. The lowest BCUT2D eigenvalue weighted by Crippen LogP contribution is -2.31. The second-order valence-electron chi connectivity index (χ2n) is 5.17. The molecule has 0 bridgehead atoms. The van der Waals surface area contributed by atoms with E-state index in [0.717, 1.165) is 5.56 Å². The summed E-state index contributed by atoms with van der Waals surface area (Å²) in [5.41, 5.74) is 7.83. The molecule has 0 radical (unpaired) electrons. The van der Waals surface area contributed by atoms with Crippen molar-refractivity contribution in [1.82, 2.24) is 0 Å². The molecule has 0 unspecified atom stereocenters. The Balaban J connectivity index is 2.07. The van der Waals surface area contributed by atoms with Crippen LogP contribution in [0.15, 0.2) is 24.3 Å². The summed E-state index contributed by atoms with van der Waals surface area (Å²) in [6.45, 7) is 0. The van der Waals surface area contributed by atoms with Gasteiger partial charge in [0, 0.05) is 24.3 Å². The highest BCUT2D eigenvalue weighted by atomic mass is 32.1. The highest BCUT2D eigenvalue weighted by Gasteiger charge is 2.17. The lowest BCUT2D eigenvalue weighted by Gasteiger charge is -2.29. The molecule has 2 nitrogen and oxygen atoms in total. The summed E-state index contributed by atoms with van der Waals surface area (Å²) in [5, 5.41) is 0. The Hall–Kier alpha value is -1.09. The van der Waals surface area contributed by atoms with E-state index in [0.29, 0.717) is 11.0 Å². The Morgan fingerprint density at radius 3 is 2.17 bits per heavy atom. The Morgan fingerprint density at radius 2 is 1.67 bits per heavy atom. The summed E-state index contributed by atoms with van der Waals surface area (Å²) in [5.74, 6) is 0. The Morgan fingerprint density at radius 1 is 1.11 bits per heavy atom. The molecule has 0 aliphatic heterocycles. The van der Waals surface area contributed by atoms with Gasteiger partial charge in [-0.2, -0.15) is 0 Å². The molecule has 1 aliphatic carbocycles. The van der Waals surface area contributed by atoms with Crippen LogP contribution in [0.5, 0.6) is 0 Å². The lowest BCUT2D eigenvalue weighted by atomic mass is 10.1. The molecule has 1 aliphatic rings. The highest BCUT2D eigenvalue weighted by molar-refractivity contribution is 7.80. The van der Waals surface area contributed by atoms with Crippen molar-refractivity contribution in [1.29, 1.82) is 0 Å². The predicted octanol–water partition coefficient (Wildman–Crippen LogP) is 3.48. The number of nitrogens with two attached hydrogens (primary N) is 1. The first-order chi connectivity index (χ1) is 8.68. The molecule has 0 aromatic heterocycles. The third-order valence-electron chi connectivity index (χ3n) is 3.93. The van der Waals surface area contributed by atoms with E-state index in [1.54, 1.807) is 0 Å². The van der Waals surface area contributed by atoms with Gasteiger partial charge in [0.2, 0.25) is 0 Å². The number of nitrogens with zero attached hydrogens (tertiary/aromatic N) is 1. The van der Waals surface area contributed by atoms with Crippen LogP contribution in [-0.4, -0.2) is 18.1 Å². The van der Waals surface area contributed by atoms with Crippen molar-refractivity contribution in [3.8, 4) is 0 Å². The van der Waals surface area contributed by atoms with Crippen LogP contribution >= 0.6 is 12.2 Å². The van der Waals surface area contributed by atoms with Gasteiger partial charge in [0.1, 0.15) is 4.99 Å². The summed E-state index contributed by atoms with van der Waals surface area (Å²) in [6.07, 6.45) is 8.14. The van der Waals surface area contributed by atoms with Gasteiger partial charge in [-0.1, -0.05) is 37.9 Å². The topological polar surface area (TPSA) is 29.3 Å². The van der Waals surface area contributed by atoms with Crippen LogP contribution in [0.1, 0.15) is 44.1 Å². The third kappa shape index (κ3) is 3.22. The number of anilines is 1. The lowest BCUT2D eigenvalue weighted by molar-refractivity contribution is 0.553. The molecule has 18 heavy (non-hydrogen) atoms. The van der Waals surface area contributed by atoms with Crippen molar-refractivity contribution in [3.63, 3.8) is 0 Å². The average molecular weight is 262 g/mol. The van der Waals surface area contributed by atoms with Crippen molar-refractivity contribution in [2.45, 2.75) is 44.6 Å². The summed E-state index contributed by atoms with van der Waals surface area (Å²) < 4.78 is 0. The van der Waals surface area contributed by atoms with E-state index < -0.39 is 0 Å². The van der Waals surface area contributed by atoms with Gasteiger partial charge in [-0.15, -0.1) is 0 Å². The maximum atomic E-state index is 5.62. The van der Waals surface area contributed by atoms with Crippen molar-refractivity contribution < 1.29 is 0 Å². The normalized spacial score (nSPS) is 17.2. The zero-order chi connectivity index (χ0) is 13.0. The molecule has 2 N–H and O–H groups in total. The molecule has 2 rings (SSSR count). The van der Waals surface area contributed by atoms with Crippen LogP contribution in [0.25, 0.3) is 0 Å². The summed E-state index contributed by atoms with van der Waals surface area (Å²) in [7, 11) is 2.20. The molecule has 1 fully saturated rings. The summed E-state index contributed by atoms with van der Waals surface area (Å²) in [4.78, 5) is 2.88. The molecule has 1 aromatic rings. The third-order valence-corrected chi connectivity index (χ3v) is 4.17. The van der Waals surface area contributed by atoms with Gasteiger partial charge in [0.25, 0.3) is 0 Å². The fourth-order valence-electron chi connectivity index (χ4n) is 2.72. The van der Waals surface area contributed by atoms with Gasteiger partial charge in [-0.3, -0.25) is 0 Å². The van der Waals surface area contributed by atoms with Crippen LogP contribution in [-0.2, 0) is 0 Å². The SMILES string of the molecule is CN(c1ccc(C(N)=S)cc1)C1CCCCCC1. The molecule has 0 saturated heterocycles. The monoisotopic (exact) mass is 262 g/mol. The zero-order valence-corrected chi connectivity index (χ0v) is 11.9. The number of thiocarbonyl (C=S) groups is 1. The summed E-state index contributed by atoms with van der Waals surface area (Å²) >= 11 is 4.98. The van der Waals surface area contributed by atoms with E-state index in [1.807, 2.05) is 12.1 Å². The number of rotatable bonds is 3. The van der Waals surface area contributed by atoms with Gasteiger partial charge in [0.15, 0.2) is 0 Å². The van der Waals surface area contributed by atoms with E-state index in [2.05, 4.69) is 24.1 Å². The number of benzene rings is 1. The maximum Gasteiger partial charge on any atom is 0.103 e. The average Bonchev–Trinajstić information content (AvgIpc) is 2.67. The minimum absolute atomic E-state index is 0.471. The smallest absolute Gasteiger partial charge is 0.103 e. The second-order valence-corrected chi connectivity index (χ2v) is 5.61. The van der Waals surface area contributed by atoms with E-state index in [4.69, 9.17) is 18.0 Å². The molecule has 0 heterocycles. The van der Waals surface area contributed by atoms with Gasteiger partial charge in [0.05, 0.1) is 0 Å². The van der Waals surface area contributed by atoms with E-state index in [1.165, 1.54) is 44.2 Å². The highest BCUT2D eigenvalue weighted by Crippen LogP contribution is 2.25. The molecule has 1 aromatic carbocycles. The number of hydrogen-bond donors (Lipinski definition) is 1. The fraction of sp³-hybridized carbons (Fsp3) is 0.533. The first-order valence-corrected chi connectivity index (χ1v) is 7.22. The quantitative estimate of drug-likeness (QED) is 0.668. The van der Waals surface area contributed by atoms with Crippen LogP contribution in [0.2, 0.25) is 0 Å². The second kappa shape index (κ2) is 6.19. The Bertz CT molecular complexity index is 391. The Labute approximate surface area is 115 Å². The van der Waals surface area contributed by atoms with E-state index in [-0.39, 0.29) is 0 Å². The van der Waals surface area contributed by atoms with Crippen LogP contribution < -0.4 is 10.6 Å². The van der Waals surface area contributed by atoms with Gasteiger partial charge in [-0.25, -0.2) is 0 Å². The van der Waals surface area contributed by atoms with E-state index in [9.17, 15) is 0 Å². The zero-order valence-electron chi connectivity index (χ0n) is 11.1. The van der Waals surface area contributed by atoms with Crippen LogP contribution in [0.4, 0.5) is 5.69 Å². The largest absolute Gasteiger partial charge is 0.389 e. The van der Waals surface area contributed by atoms with Crippen molar-refractivity contribution in [3.05, 3.63) is 29.8 Å². The van der Waals surface area contributed by atoms with Crippen molar-refractivity contribution in [2.75, 3.05) is 11.9 Å². The standard InChI is InChI=1S/C15H22N2S/c1-17(13-6-4-2-3-5-7-13)14-10-8-12(9-11-14)15(16)18/h8-11,13H,2-7H2,1H3,(H2,16,18). The number of hydrogen-bond acceptors (Lipinski definition) is 2. The van der Waals surface area contributed by atoms with Gasteiger partial charge < -0.3 is 10.6 Å². The first kappa shape index (κ1) is 13.3. The first-order valence-electron chi connectivity index (χ1n) is 6.81. The van der Waals surface area contributed by atoms with Gasteiger partial charge in [-0.05, 0) is 37.1 Å². The molecule has 1 saturated carbocycles. The molecular formula is C15H22N2S.